The van der Waals surface area contributed by atoms with Crippen molar-refractivity contribution in [2.75, 3.05) is 0 Å². The van der Waals surface area contributed by atoms with Crippen LogP contribution in [0.3, 0.4) is 0 Å². The van der Waals surface area contributed by atoms with Crippen LogP contribution in [0.2, 0.25) is 0 Å². The molecule has 4 aliphatic rings. The van der Waals surface area contributed by atoms with Crippen molar-refractivity contribution in [1.29, 1.82) is 0 Å². The van der Waals surface area contributed by atoms with E-state index in [1.54, 1.807) is 0 Å². The van der Waals surface area contributed by atoms with Crippen molar-refractivity contribution < 1.29 is 14.4 Å². The lowest BCUT2D eigenvalue weighted by atomic mass is 9.57. The molecule has 33 heavy (non-hydrogen) atoms. The van der Waals surface area contributed by atoms with Crippen LogP contribution in [0.4, 0.5) is 0 Å². The summed E-state index contributed by atoms with van der Waals surface area (Å²) in [5.74, 6) is -0.773. The van der Waals surface area contributed by atoms with Gasteiger partial charge in [0.15, 0.2) is 11.6 Å². The average molecular weight is 446 g/mol. The van der Waals surface area contributed by atoms with E-state index < -0.39 is 5.92 Å². The normalized spacial score (nSPS) is 30.4. The van der Waals surface area contributed by atoms with Crippen molar-refractivity contribution in [3.8, 4) is 0 Å². The van der Waals surface area contributed by atoms with Crippen LogP contribution in [0, 0.1) is 42.4 Å². The number of ketones is 3. The summed E-state index contributed by atoms with van der Waals surface area (Å²) >= 11 is 0. The topological polar surface area (TPSA) is 63.6 Å². The number of nitrogens with zero attached hydrogens (tertiary/aromatic N) is 1. The van der Waals surface area contributed by atoms with Crippen LogP contribution in [0.5, 0.6) is 0 Å². The SMILES string of the molecule is Cc1cc(C)c2c(c1)CCC(C1C3=C(CC(C)(C)CC3=O)N=C3CC(C)(C)CC(=O)C31)C2=O. The Hall–Kier alpha value is -2.36. The summed E-state index contributed by atoms with van der Waals surface area (Å²) < 4.78 is 0. The fourth-order valence-corrected chi connectivity index (χ4v) is 7.08. The summed E-state index contributed by atoms with van der Waals surface area (Å²) in [5.41, 5.74) is 6.26. The zero-order chi connectivity index (χ0) is 23.9. The molecule has 1 saturated carbocycles. The third-order valence-corrected chi connectivity index (χ3v) is 8.19. The van der Waals surface area contributed by atoms with Crippen LogP contribution >= 0.6 is 0 Å². The molecule has 4 nitrogen and oxygen atoms in total. The molecule has 4 heteroatoms. The van der Waals surface area contributed by atoms with Crippen molar-refractivity contribution in [2.45, 2.75) is 80.1 Å². The minimum Gasteiger partial charge on any atom is -0.299 e. The van der Waals surface area contributed by atoms with E-state index in [1.165, 1.54) is 5.56 Å². The van der Waals surface area contributed by atoms with E-state index in [2.05, 4.69) is 46.8 Å². The Kier molecular flexibility index (Phi) is 4.97. The first-order valence-corrected chi connectivity index (χ1v) is 12.4. The number of Topliss-reactive ketones (excluding diaryl/α,β-unsaturated/α-hetero) is 3. The highest BCUT2D eigenvalue weighted by molar-refractivity contribution is 6.14. The molecule has 0 saturated heterocycles. The van der Waals surface area contributed by atoms with Gasteiger partial charge in [0.25, 0.3) is 0 Å². The molecule has 0 N–H and O–H groups in total. The molecule has 3 unspecified atom stereocenters. The fraction of sp³-hybridized carbons (Fsp3) is 0.586. The van der Waals surface area contributed by atoms with Crippen molar-refractivity contribution >= 4 is 23.1 Å². The average Bonchev–Trinajstić information content (AvgIpc) is 2.64. The number of carbonyl (C=O) groups is 3. The second-order valence-electron chi connectivity index (χ2n) is 12.5. The van der Waals surface area contributed by atoms with Gasteiger partial charge in [0.1, 0.15) is 5.78 Å². The van der Waals surface area contributed by atoms with E-state index in [0.29, 0.717) is 24.8 Å². The first-order chi connectivity index (χ1) is 15.4. The Bertz CT molecular complexity index is 1160. The number of rotatable bonds is 1. The van der Waals surface area contributed by atoms with E-state index in [-0.39, 0.29) is 40.0 Å². The quantitative estimate of drug-likeness (QED) is 0.551. The van der Waals surface area contributed by atoms with E-state index in [1.807, 2.05) is 6.92 Å². The predicted molar refractivity (Wildman–Crippen MR) is 130 cm³/mol. The second-order valence-corrected chi connectivity index (χ2v) is 12.5. The molecule has 1 heterocycles. The van der Waals surface area contributed by atoms with Crippen molar-refractivity contribution in [3.05, 3.63) is 45.7 Å². The minimum absolute atomic E-state index is 0.0888. The molecule has 1 aromatic rings. The number of hydrogen-bond acceptors (Lipinski definition) is 4. The molecule has 0 spiro atoms. The number of benzene rings is 1. The summed E-state index contributed by atoms with van der Waals surface area (Å²) in [6.45, 7) is 12.5. The van der Waals surface area contributed by atoms with Gasteiger partial charge in [-0.05, 0) is 61.5 Å². The third kappa shape index (κ3) is 3.66. The van der Waals surface area contributed by atoms with Crippen molar-refractivity contribution in [3.63, 3.8) is 0 Å². The van der Waals surface area contributed by atoms with Gasteiger partial charge in [-0.2, -0.15) is 0 Å². The standard InChI is InChI=1S/C29H35NO3/c1-15-9-16(2)23-17(10-15)7-8-18(27(23)33)24-25-19(11-28(3,4)13-21(25)31)30-20-12-29(5,6)14-22(32)26(20)24/h9-10,18,24-25H,7-8,11-14H2,1-6H3. The lowest BCUT2D eigenvalue weighted by Crippen LogP contribution is -2.50. The van der Waals surface area contributed by atoms with Gasteiger partial charge < -0.3 is 0 Å². The number of aliphatic imine (C=N–C) groups is 1. The molecule has 0 bridgehead atoms. The Balaban J connectivity index is 1.66. The van der Waals surface area contributed by atoms with Crippen LogP contribution in [0.1, 0.15) is 86.8 Å². The van der Waals surface area contributed by atoms with Gasteiger partial charge >= 0.3 is 0 Å². The van der Waals surface area contributed by atoms with Gasteiger partial charge in [-0.1, -0.05) is 45.4 Å². The molecule has 3 atom stereocenters. The van der Waals surface area contributed by atoms with E-state index >= 15 is 0 Å². The number of allylic oxidation sites excluding steroid dienone is 2. The molecule has 1 aliphatic heterocycles. The van der Waals surface area contributed by atoms with Gasteiger partial charge in [0.05, 0.1) is 5.92 Å². The Morgan fingerprint density at radius 2 is 1.61 bits per heavy atom. The van der Waals surface area contributed by atoms with E-state index in [4.69, 9.17) is 4.99 Å². The zero-order valence-corrected chi connectivity index (χ0v) is 20.8. The van der Waals surface area contributed by atoms with Crippen LogP contribution < -0.4 is 0 Å². The van der Waals surface area contributed by atoms with Crippen LogP contribution in [-0.2, 0) is 16.0 Å². The summed E-state index contributed by atoms with van der Waals surface area (Å²) in [7, 11) is 0. The van der Waals surface area contributed by atoms with E-state index in [9.17, 15) is 14.4 Å². The molecule has 1 fully saturated rings. The highest BCUT2D eigenvalue weighted by atomic mass is 16.1. The van der Waals surface area contributed by atoms with Crippen LogP contribution in [-0.4, -0.2) is 23.1 Å². The number of carbonyl (C=O) groups excluding carboxylic acids is 3. The van der Waals surface area contributed by atoms with Gasteiger partial charge in [-0.3, -0.25) is 19.4 Å². The lowest BCUT2D eigenvalue weighted by molar-refractivity contribution is -0.125. The zero-order valence-electron chi connectivity index (χ0n) is 20.8. The summed E-state index contributed by atoms with van der Waals surface area (Å²) in [4.78, 5) is 46.0. The third-order valence-electron chi connectivity index (χ3n) is 8.19. The Morgan fingerprint density at radius 1 is 0.909 bits per heavy atom. The maximum absolute atomic E-state index is 14.0. The molecule has 0 radical (unpaired) electrons. The van der Waals surface area contributed by atoms with Crippen LogP contribution in [0.25, 0.3) is 0 Å². The maximum atomic E-state index is 14.0. The number of aryl methyl sites for hydroxylation is 3. The Labute approximate surface area is 196 Å². The van der Waals surface area contributed by atoms with Gasteiger partial charge in [0, 0.05) is 47.2 Å². The molecule has 3 aliphatic carbocycles. The fourth-order valence-electron chi connectivity index (χ4n) is 7.08. The molecule has 1 aromatic carbocycles. The molecule has 0 amide bonds. The highest BCUT2D eigenvalue weighted by Crippen LogP contribution is 2.52. The largest absolute Gasteiger partial charge is 0.299 e. The lowest BCUT2D eigenvalue weighted by Gasteiger charge is -2.46. The van der Waals surface area contributed by atoms with Gasteiger partial charge in [0.2, 0.25) is 0 Å². The second kappa shape index (κ2) is 7.32. The smallest absolute Gasteiger partial charge is 0.167 e. The van der Waals surface area contributed by atoms with Gasteiger partial charge in [-0.25, -0.2) is 0 Å². The first kappa shape index (κ1) is 22.4. The summed E-state index contributed by atoms with van der Waals surface area (Å²) in [6, 6.07) is 4.19. The number of fused-ring (bicyclic) bond motifs is 2. The molecular formula is C29H35NO3. The molecule has 0 aromatic heterocycles. The molecule has 174 valence electrons. The highest BCUT2D eigenvalue weighted by Gasteiger charge is 2.53. The summed E-state index contributed by atoms with van der Waals surface area (Å²) in [5, 5.41) is 0. The van der Waals surface area contributed by atoms with Crippen LogP contribution in [0.15, 0.2) is 28.4 Å². The predicted octanol–water partition coefficient (Wildman–Crippen LogP) is 5.77. The van der Waals surface area contributed by atoms with Gasteiger partial charge in [-0.15, -0.1) is 0 Å². The molecule has 5 rings (SSSR count). The minimum atomic E-state index is -0.428. The maximum Gasteiger partial charge on any atom is 0.167 e. The van der Waals surface area contributed by atoms with E-state index in [0.717, 1.165) is 47.4 Å². The van der Waals surface area contributed by atoms with Crippen molar-refractivity contribution in [1.82, 2.24) is 0 Å². The van der Waals surface area contributed by atoms with Crippen molar-refractivity contribution in [2.24, 2.45) is 33.6 Å². The molecular weight excluding hydrogens is 410 g/mol. The number of hydrogen-bond donors (Lipinski definition) is 0. The first-order valence-electron chi connectivity index (χ1n) is 12.4. The summed E-state index contributed by atoms with van der Waals surface area (Å²) in [6.07, 6.45) is 3.91. The monoisotopic (exact) mass is 445 g/mol. The Morgan fingerprint density at radius 3 is 2.33 bits per heavy atom.